The lowest BCUT2D eigenvalue weighted by Gasteiger charge is -2.09. The van der Waals surface area contributed by atoms with Gasteiger partial charge in [0.2, 0.25) is 0 Å². The minimum atomic E-state index is -3.55. The van der Waals surface area contributed by atoms with Crippen LogP contribution in [-0.4, -0.2) is 25.3 Å². The van der Waals surface area contributed by atoms with Crippen LogP contribution in [0.2, 0.25) is 0 Å². The lowest BCUT2D eigenvalue weighted by Crippen LogP contribution is -2.11. The first kappa shape index (κ1) is 14.4. The molecular formula is C13H17N3O3S. The number of hydrogen-bond acceptors (Lipinski definition) is 5. The van der Waals surface area contributed by atoms with Crippen molar-refractivity contribution >= 4 is 15.5 Å². The maximum absolute atomic E-state index is 12.5. The molecule has 6 nitrogen and oxygen atoms in total. The third-order valence-corrected chi connectivity index (χ3v) is 4.69. The van der Waals surface area contributed by atoms with Crippen LogP contribution in [0.5, 0.6) is 5.75 Å². The molecule has 0 aliphatic carbocycles. The second-order valence-corrected chi connectivity index (χ2v) is 6.52. The summed E-state index contributed by atoms with van der Waals surface area (Å²) in [6, 6.07) is 6.34. The van der Waals surface area contributed by atoms with Gasteiger partial charge in [0, 0.05) is 13.1 Å². The molecule has 1 aromatic carbocycles. The molecule has 2 rings (SSSR count). The van der Waals surface area contributed by atoms with Crippen molar-refractivity contribution in [3.05, 3.63) is 35.7 Å². The molecule has 0 fully saturated rings. The van der Waals surface area contributed by atoms with Crippen molar-refractivity contribution in [3.8, 4) is 5.75 Å². The van der Waals surface area contributed by atoms with Crippen LogP contribution >= 0.6 is 0 Å². The van der Waals surface area contributed by atoms with Crippen LogP contribution in [0.1, 0.15) is 11.4 Å². The molecule has 0 aliphatic rings. The number of nitrogens with zero attached hydrogens (tertiary/aromatic N) is 2. The molecule has 0 saturated heterocycles. The predicted octanol–water partition coefficient (Wildman–Crippen LogP) is 1.29. The number of aryl methyl sites for hydroxylation is 2. The van der Waals surface area contributed by atoms with Gasteiger partial charge in [-0.25, -0.2) is 8.42 Å². The van der Waals surface area contributed by atoms with Crippen molar-refractivity contribution in [2.45, 2.75) is 17.6 Å². The fraction of sp³-hybridized carbons (Fsp3) is 0.308. The standard InChI is InChI=1S/C13H17N3O3S/c1-9-6-10(16(2)15-9)8-20(17,18)13-7-11(19-3)4-5-12(13)14/h4-7H,8,14H2,1-3H3. The average molecular weight is 295 g/mol. The Bertz CT molecular complexity index is 735. The third kappa shape index (κ3) is 2.77. The molecule has 0 radical (unpaired) electrons. The van der Waals surface area contributed by atoms with Gasteiger partial charge in [0.1, 0.15) is 5.75 Å². The molecule has 0 aliphatic heterocycles. The first-order valence-corrected chi connectivity index (χ1v) is 7.64. The molecule has 1 aromatic heterocycles. The van der Waals surface area contributed by atoms with Crippen molar-refractivity contribution in [3.63, 3.8) is 0 Å². The minimum absolute atomic E-state index is 0.0794. The zero-order valence-corrected chi connectivity index (χ0v) is 12.4. The van der Waals surface area contributed by atoms with E-state index in [0.29, 0.717) is 11.4 Å². The summed E-state index contributed by atoms with van der Waals surface area (Å²) >= 11 is 0. The van der Waals surface area contributed by atoms with Crippen LogP contribution in [0.4, 0.5) is 5.69 Å². The normalized spacial score (nSPS) is 11.6. The Morgan fingerprint density at radius 1 is 1.35 bits per heavy atom. The summed E-state index contributed by atoms with van der Waals surface area (Å²) in [7, 11) is -0.358. The lowest BCUT2D eigenvalue weighted by molar-refractivity contribution is 0.413. The first-order chi connectivity index (χ1) is 9.33. The minimum Gasteiger partial charge on any atom is -0.497 e. The van der Waals surface area contributed by atoms with E-state index in [-0.39, 0.29) is 16.3 Å². The number of sulfone groups is 1. The molecule has 0 bridgehead atoms. The second-order valence-electron chi connectivity index (χ2n) is 4.56. The van der Waals surface area contributed by atoms with Gasteiger partial charge in [0.15, 0.2) is 9.84 Å². The number of benzene rings is 1. The van der Waals surface area contributed by atoms with Crippen molar-refractivity contribution in [2.24, 2.45) is 7.05 Å². The molecule has 1 heterocycles. The van der Waals surface area contributed by atoms with E-state index in [0.717, 1.165) is 5.69 Å². The molecule has 2 N–H and O–H groups in total. The van der Waals surface area contributed by atoms with Crippen LogP contribution in [-0.2, 0) is 22.6 Å². The summed E-state index contributed by atoms with van der Waals surface area (Å²) in [5.74, 6) is 0.306. The number of aromatic nitrogens is 2. The number of rotatable bonds is 4. The number of ether oxygens (including phenoxy) is 1. The topological polar surface area (TPSA) is 87.2 Å². The van der Waals surface area contributed by atoms with E-state index in [1.165, 1.54) is 19.2 Å². The van der Waals surface area contributed by atoms with E-state index >= 15 is 0 Å². The quantitative estimate of drug-likeness (QED) is 0.859. The maximum atomic E-state index is 12.5. The number of nitrogen functional groups attached to an aromatic ring is 1. The second kappa shape index (κ2) is 5.16. The van der Waals surface area contributed by atoms with Crippen molar-refractivity contribution in [2.75, 3.05) is 12.8 Å². The molecule has 2 aromatic rings. The lowest BCUT2D eigenvalue weighted by atomic mass is 10.3. The summed E-state index contributed by atoms with van der Waals surface area (Å²) in [6.07, 6.45) is 0. The molecule has 20 heavy (non-hydrogen) atoms. The van der Waals surface area contributed by atoms with E-state index in [1.807, 2.05) is 6.92 Å². The Morgan fingerprint density at radius 2 is 2.05 bits per heavy atom. The van der Waals surface area contributed by atoms with Gasteiger partial charge < -0.3 is 10.5 Å². The van der Waals surface area contributed by atoms with Gasteiger partial charge in [0.25, 0.3) is 0 Å². The fourth-order valence-electron chi connectivity index (χ4n) is 1.98. The number of hydrogen-bond donors (Lipinski definition) is 1. The van der Waals surface area contributed by atoms with E-state index < -0.39 is 9.84 Å². The molecule has 0 amide bonds. The van der Waals surface area contributed by atoms with Crippen LogP contribution < -0.4 is 10.5 Å². The van der Waals surface area contributed by atoms with Crippen molar-refractivity contribution < 1.29 is 13.2 Å². The van der Waals surface area contributed by atoms with Crippen LogP contribution in [0.15, 0.2) is 29.2 Å². The van der Waals surface area contributed by atoms with Crippen LogP contribution in [0, 0.1) is 6.92 Å². The highest BCUT2D eigenvalue weighted by Crippen LogP contribution is 2.26. The Hall–Kier alpha value is -2.02. The van der Waals surface area contributed by atoms with Crippen LogP contribution in [0.3, 0.4) is 0 Å². The molecule has 108 valence electrons. The molecule has 0 unspecified atom stereocenters. The third-order valence-electron chi connectivity index (χ3n) is 2.99. The first-order valence-electron chi connectivity index (χ1n) is 5.99. The van der Waals surface area contributed by atoms with E-state index in [2.05, 4.69) is 5.10 Å². The molecule has 0 atom stereocenters. The zero-order valence-electron chi connectivity index (χ0n) is 11.6. The van der Waals surface area contributed by atoms with Gasteiger partial charge in [-0.15, -0.1) is 0 Å². The van der Waals surface area contributed by atoms with Crippen molar-refractivity contribution in [1.82, 2.24) is 9.78 Å². The largest absolute Gasteiger partial charge is 0.497 e. The Kier molecular flexibility index (Phi) is 3.71. The number of anilines is 1. The van der Waals surface area contributed by atoms with E-state index in [4.69, 9.17) is 10.5 Å². The summed E-state index contributed by atoms with van der Waals surface area (Å²) in [5.41, 5.74) is 7.37. The van der Waals surface area contributed by atoms with E-state index in [9.17, 15) is 8.42 Å². The summed E-state index contributed by atoms with van der Waals surface area (Å²) in [4.78, 5) is 0.0794. The molecule has 7 heteroatoms. The predicted molar refractivity (Wildman–Crippen MR) is 76.2 cm³/mol. The average Bonchev–Trinajstić information content (AvgIpc) is 2.67. The monoisotopic (exact) mass is 295 g/mol. The molecule has 0 saturated carbocycles. The maximum Gasteiger partial charge on any atom is 0.186 e. The summed E-state index contributed by atoms with van der Waals surface area (Å²) < 4.78 is 31.6. The van der Waals surface area contributed by atoms with Gasteiger partial charge in [-0.05, 0) is 25.1 Å². The zero-order chi connectivity index (χ0) is 14.9. The SMILES string of the molecule is COc1ccc(N)c(S(=O)(=O)Cc2cc(C)nn2C)c1. The fourth-order valence-corrected chi connectivity index (χ4v) is 3.52. The highest BCUT2D eigenvalue weighted by molar-refractivity contribution is 7.90. The summed E-state index contributed by atoms with van der Waals surface area (Å²) in [6.45, 7) is 1.82. The Morgan fingerprint density at radius 3 is 2.60 bits per heavy atom. The van der Waals surface area contributed by atoms with Crippen molar-refractivity contribution in [1.29, 1.82) is 0 Å². The Labute approximate surface area is 118 Å². The van der Waals surface area contributed by atoms with Gasteiger partial charge in [-0.2, -0.15) is 5.10 Å². The number of nitrogens with two attached hydrogens (primary N) is 1. The highest BCUT2D eigenvalue weighted by atomic mass is 32.2. The highest BCUT2D eigenvalue weighted by Gasteiger charge is 2.21. The molecule has 0 spiro atoms. The summed E-state index contributed by atoms with van der Waals surface area (Å²) in [5, 5.41) is 4.14. The van der Waals surface area contributed by atoms with Gasteiger partial charge >= 0.3 is 0 Å². The van der Waals surface area contributed by atoms with E-state index in [1.54, 1.807) is 23.9 Å². The van der Waals surface area contributed by atoms with Gasteiger partial charge in [-0.3, -0.25) is 4.68 Å². The van der Waals surface area contributed by atoms with Crippen LogP contribution in [0.25, 0.3) is 0 Å². The Balaban J connectivity index is 2.43. The van der Waals surface area contributed by atoms with Gasteiger partial charge in [-0.1, -0.05) is 0 Å². The van der Waals surface area contributed by atoms with Gasteiger partial charge in [0.05, 0.1) is 34.8 Å². The number of methoxy groups -OCH3 is 1. The smallest absolute Gasteiger partial charge is 0.186 e. The molecular weight excluding hydrogens is 278 g/mol.